The Bertz CT molecular complexity index is 698. The predicted octanol–water partition coefficient (Wildman–Crippen LogP) is 2.72. The summed E-state index contributed by atoms with van der Waals surface area (Å²) in [4.78, 5) is 16.1. The van der Waals surface area contributed by atoms with Gasteiger partial charge in [0.2, 0.25) is 0 Å². The van der Waals surface area contributed by atoms with Gasteiger partial charge in [-0.2, -0.15) is 0 Å². The molecule has 2 heterocycles. The predicted molar refractivity (Wildman–Crippen MR) is 94.5 cm³/mol. The fourth-order valence-corrected chi connectivity index (χ4v) is 4.08. The summed E-state index contributed by atoms with van der Waals surface area (Å²) in [5, 5.41) is 4.19. The van der Waals surface area contributed by atoms with Gasteiger partial charge in [-0.05, 0) is 54.5 Å². The summed E-state index contributed by atoms with van der Waals surface area (Å²) in [6.07, 6.45) is 1.95. The minimum Gasteiger partial charge on any atom is -0.336 e. The first-order valence-corrected chi connectivity index (χ1v) is 9.42. The maximum atomic E-state index is 13.3. The van der Waals surface area contributed by atoms with E-state index in [-0.39, 0.29) is 17.8 Å². The third-order valence-corrected chi connectivity index (χ3v) is 5.81. The standard InChI is InChI=1S/C19H23FN2OS/c1-3-13(2)21-12-18(23)22-10-8-17-16(9-11-24-17)19(22)14-4-6-15(20)7-5-14/h4-7,9,11,13,19,21H,3,8,10,12H2,1-2H3/p+1/t13-,19+/m1/s1. The fraction of sp³-hybridized carbons (Fsp3) is 0.421. The smallest absolute Gasteiger partial charge is 0.278 e. The maximum Gasteiger partial charge on any atom is 0.278 e. The summed E-state index contributed by atoms with van der Waals surface area (Å²) in [5.41, 5.74) is 2.17. The van der Waals surface area contributed by atoms with Crippen LogP contribution < -0.4 is 5.32 Å². The summed E-state index contributed by atoms with van der Waals surface area (Å²) in [5.74, 6) is -0.0930. The summed E-state index contributed by atoms with van der Waals surface area (Å²) >= 11 is 1.74. The average molecular weight is 347 g/mol. The molecule has 1 aliphatic heterocycles. The lowest BCUT2D eigenvalue weighted by Crippen LogP contribution is -2.91. The van der Waals surface area contributed by atoms with Gasteiger partial charge in [-0.25, -0.2) is 4.39 Å². The van der Waals surface area contributed by atoms with Gasteiger partial charge in [-0.1, -0.05) is 19.1 Å². The summed E-state index contributed by atoms with van der Waals surface area (Å²) in [6, 6.07) is 8.99. The van der Waals surface area contributed by atoms with E-state index in [1.807, 2.05) is 4.90 Å². The average Bonchev–Trinajstić information content (AvgIpc) is 3.08. The number of nitrogens with zero attached hydrogens (tertiary/aromatic N) is 1. The van der Waals surface area contributed by atoms with Crippen molar-refractivity contribution in [3.63, 3.8) is 0 Å². The molecule has 3 nitrogen and oxygen atoms in total. The van der Waals surface area contributed by atoms with E-state index < -0.39 is 0 Å². The lowest BCUT2D eigenvalue weighted by molar-refractivity contribution is -0.676. The van der Waals surface area contributed by atoms with Crippen molar-refractivity contribution in [2.45, 2.75) is 38.8 Å². The minimum atomic E-state index is -0.247. The van der Waals surface area contributed by atoms with Crippen molar-refractivity contribution in [3.05, 3.63) is 57.5 Å². The molecule has 5 heteroatoms. The van der Waals surface area contributed by atoms with E-state index in [2.05, 4.69) is 30.6 Å². The number of amides is 1. The topological polar surface area (TPSA) is 36.9 Å². The summed E-state index contributed by atoms with van der Waals surface area (Å²) in [7, 11) is 0. The lowest BCUT2D eigenvalue weighted by Gasteiger charge is -2.36. The highest BCUT2D eigenvalue weighted by Crippen LogP contribution is 2.37. The van der Waals surface area contributed by atoms with E-state index in [1.165, 1.54) is 22.6 Å². The molecule has 2 N–H and O–H groups in total. The Kier molecular flexibility index (Phi) is 5.31. The molecule has 2 aromatic rings. The summed E-state index contributed by atoms with van der Waals surface area (Å²) in [6.45, 7) is 5.46. The third-order valence-electron chi connectivity index (χ3n) is 4.81. The van der Waals surface area contributed by atoms with Gasteiger partial charge in [-0.15, -0.1) is 11.3 Å². The molecule has 24 heavy (non-hydrogen) atoms. The second-order valence-corrected chi connectivity index (χ2v) is 7.42. The molecular weight excluding hydrogens is 323 g/mol. The molecule has 128 valence electrons. The van der Waals surface area contributed by atoms with E-state index in [4.69, 9.17) is 0 Å². The number of carbonyl (C=O) groups is 1. The van der Waals surface area contributed by atoms with Crippen LogP contribution in [0.2, 0.25) is 0 Å². The SMILES string of the molecule is CC[C@@H](C)[NH2+]CC(=O)N1CCc2sccc2[C@@H]1c1ccc(F)cc1. The van der Waals surface area contributed by atoms with Gasteiger partial charge in [-0.3, -0.25) is 4.79 Å². The minimum absolute atomic E-state index is 0.0987. The zero-order chi connectivity index (χ0) is 17.1. The van der Waals surface area contributed by atoms with Gasteiger partial charge in [0.25, 0.3) is 5.91 Å². The van der Waals surface area contributed by atoms with E-state index in [9.17, 15) is 9.18 Å². The normalized spacial score (nSPS) is 18.3. The van der Waals surface area contributed by atoms with Crippen molar-refractivity contribution < 1.29 is 14.5 Å². The van der Waals surface area contributed by atoms with Crippen LogP contribution in [0.25, 0.3) is 0 Å². The molecule has 1 amide bonds. The van der Waals surface area contributed by atoms with Crippen LogP contribution in [0.1, 0.15) is 42.3 Å². The number of hydrogen-bond acceptors (Lipinski definition) is 2. The Balaban J connectivity index is 1.87. The number of halogens is 1. The van der Waals surface area contributed by atoms with E-state index >= 15 is 0 Å². The molecule has 0 bridgehead atoms. The highest BCUT2D eigenvalue weighted by Gasteiger charge is 2.33. The molecule has 0 radical (unpaired) electrons. The Morgan fingerprint density at radius 1 is 1.38 bits per heavy atom. The Morgan fingerprint density at radius 3 is 2.83 bits per heavy atom. The second kappa shape index (κ2) is 7.45. The van der Waals surface area contributed by atoms with E-state index in [0.29, 0.717) is 12.6 Å². The molecule has 3 rings (SSSR count). The van der Waals surface area contributed by atoms with Gasteiger partial charge in [0.15, 0.2) is 6.54 Å². The molecular formula is C19H24FN2OS+. The van der Waals surface area contributed by atoms with Gasteiger partial charge >= 0.3 is 0 Å². The van der Waals surface area contributed by atoms with Crippen molar-refractivity contribution in [3.8, 4) is 0 Å². The summed E-state index contributed by atoms with van der Waals surface area (Å²) < 4.78 is 13.3. The number of thiophene rings is 1. The fourth-order valence-electron chi connectivity index (χ4n) is 3.18. The van der Waals surface area contributed by atoms with Gasteiger partial charge in [0.1, 0.15) is 5.82 Å². The monoisotopic (exact) mass is 347 g/mol. The highest BCUT2D eigenvalue weighted by molar-refractivity contribution is 7.10. The van der Waals surface area contributed by atoms with Crippen LogP contribution in [0.4, 0.5) is 4.39 Å². The van der Waals surface area contributed by atoms with Crippen molar-refractivity contribution in [2.24, 2.45) is 0 Å². The molecule has 1 aromatic heterocycles. The van der Waals surface area contributed by atoms with Crippen molar-refractivity contribution >= 4 is 17.2 Å². The third kappa shape index (κ3) is 3.52. The first-order chi connectivity index (χ1) is 11.6. The largest absolute Gasteiger partial charge is 0.336 e. The lowest BCUT2D eigenvalue weighted by atomic mass is 9.93. The van der Waals surface area contributed by atoms with Crippen molar-refractivity contribution in [2.75, 3.05) is 13.1 Å². The molecule has 0 unspecified atom stereocenters. The highest BCUT2D eigenvalue weighted by atomic mass is 32.1. The molecule has 0 saturated carbocycles. The number of rotatable bonds is 5. The number of carbonyl (C=O) groups excluding carboxylic acids is 1. The van der Waals surface area contributed by atoms with Gasteiger partial charge < -0.3 is 10.2 Å². The zero-order valence-corrected chi connectivity index (χ0v) is 15.0. The Morgan fingerprint density at radius 2 is 2.12 bits per heavy atom. The molecule has 0 fully saturated rings. The quantitative estimate of drug-likeness (QED) is 0.887. The first kappa shape index (κ1) is 17.1. The van der Waals surface area contributed by atoms with Crippen LogP contribution in [0.3, 0.4) is 0 Å². The van der Waals surface area contributed by atoms with Crippen LogP contribution in [-0.4, -0.2) is 29.9 Å². The van der Waals surface area contributed by atoms with Crippen LogP contribution >= 0.6 is 11.3 Å². The van der Waals surface area contributed by atoms with Crippen LogP contribution in [0, 0.1) is 5.82 Å². The van der Waals surface area contributed by atoms with Gasteiger partial charge in [0.05, 0.1) is 12.1 Å². The van der Waals surface area contributed by atoms with E-state index in [1.54, 1.807) is 23.5 Å². The van der Waals surface area contributed by atoms with Gasteiger partial charge in [0, 0.05) is 11.4 Å². The van der Waals surface area contributed by atoms with Crippen LogP contribution in [-0.2, 0) is 11.2 Å². The molecule has 0 saturated heterocycles. The van der Waals surface area contributed by atoms with Crippen molar-refractivity contribution in [1.29, 1.82) is 0 Å². The second-order valence-electron chi connectivity index (χ2n) is 6.42. The number of quaternary nitrogens is 1. The number of benzene rings is 1. The number of fused-ring (bicyclic) bond motifs is 1. The Hall–Kier alpha value is -1.72. The maximum absolute atomic E-state index is 13.3. The molecule has 2 atom stereocenters. The van der Waals surface area contributed by atoms with Crippen molar-refractivity contribution in [1.82, 2.24) is 4.90 Å². The molecule has 0 aliphatic carbocycles. The molecule has 1 aromatic carbocycles. The first-order valence-electron chi connectivity index (χ1n) is 8.54. The number of nitrogens with two attached hydrogens (primary N) is 1. The molecule has 0 spiro atoms. The van der Waals surface area contributed by atoms with Crippen LogP contribution in [0.5, 0.6) is 0 Å². The van der Waals surface area contributed by atoms with E-state index in [0.717, 1.165) is 24.9 Å². The number of hydrogen-bond donors (Lipinski definition) is 1. The van der Waals surface area contributed by atoms with Crippen LogP contribution in [0.15, 0.2) is 35.7 Å². The molecule has 1 aliphatic rings. The Labute approximate surface area is 146 Å². The zero-order valence-electron chi connectivity index (χ0n) is 14.2.